The van der Waals surface area contributed by atoms with Crippen LogP contribution in [0.2, 0.25) is 0 Å². The molecule has 0 aliphatic heterocycles. The van der Waals surface area contributed by atoms with Crippen molar-refractivity contribution >= 4 is 36.9 Å². The van der Waals surface area contributed by atoms with E-state index < -0.39 is 57.6 Å². The van der Waals surface area contributed by atoms with Gasteiger partial charge < -0.3 is 34.0 Å². The fourth-order valence-corrected chi connectivity index (χ4v) is 3.98. The predicted molar refractivity (Wildman–Crippen MR) is 123 cm³/mol. The maximum atomic E-state index is 13.3. The topological polar surface area (TPSA) is 185 Å². The van der Waals surface area contributed by atoms with Gasteiger partial charge in [0.25, 0.3) is 0 Å². The number of nitrogen functional groups attached to an aromatic ring is 1. The lowest BCUT2D eigenvalue weighted by atomic mass is 10.3. The first kappa shape index (κ1) is 27.6. The van der Waals surface area contributed by atoms with Gasteiger partial charge in [0, 0.05) is 0 Å². The van der Waals surface area contributed by atoms with E-state index in [1.807, 2.05) is 0 Å². The second kappa shape index (κ2) is 11.8. The summed E-state index contributed by atoms with van der Waals surface area (Å²) in [6, 6.07) is 0. The van der Waals surface area contributed by atoms with Crippen molar-refractivity contribution in [3.63, 3.8) is 0 Å². The molecule has 2 aromatic rings. The molecule has 0 spiro atoms. The Kier molecular flexibility index (Phi) is 9.06. The number of carbonyl (C=O) groups is 2. The van der Waals surface area contributed by atoms with Gasteiger partial charge in [-0.3, -0.25) is 13.6 Å². The maximum Gasteiger partial charge on any atom is 0.510 e. The summed E-state index contributed by atoms with van der Waals surface area (Å²) in [5.41, 5.74) is 6.14. The van der Waals surface area contributed by atoms with Gasteiger partial charge in [-0.2, -0.15) is 0 Å². The summed E-state index contributed by atoms with van der Waals surface area (Å²) in [7, 11) is -4.06. The monoisotopic (exact) mass is 531 g/mol. The van der Waals surface area contributed by atoms with Crippen LogP contribution in [0.3, 0.4) is 0 Å². The van der Waals surface area contributed by atoms with Crippen LogP contribution in [0.5, 0.6) is 0 Å². The zero-order valence-corrected chi connectivity index (χ0v) is 21.3. The standard InChI is InChI=1S/C20H30N5O10P/c1-13(2)34-18(26)29-10-32-36(28,33-11-30-19(27)35-14(3)4)12-31-20(5-6-20)7-25-9-24-15-16(21)22-8-23-17(15)25/h8-9,13-14H,5-7,10-12H2,1-4H3,(H2,21,22,23). The number of fused-ring (bicyclic) bond motifs is 1. The Morgan fingerprint density at radius 1 is 1.03 bits per heavy atom. The second-order valence-corrected chi connectivity index (χ2v) is 10.5. The minimum Gasteiger partial charge on any atom is -0.432 e. The first-order chi connectivity index (χ1) is 17.0. The van der Waals surface area contributed by atoms with Gasteiger partial charge in [-0.15, -0.1) is 0 Å². The first-order valence-corrected chi connectivity index (χ1v) is 12.8. The van der Waals surface area contributed by atoms with Gasteiger partial charge in [0.1, 0.15) is 18.2 Å². The van der Waals surface area contributed by atoms with E-state index in [1.165, 1.54) is 6.33 Å². The van der Waals surface area contributed by atoms with Gasteiger partial charge >= 0.3 is 19.9 Å². The van der Waals surface area contributed by atoms with Crippen molar-refractivity contribution in [3.05, 3.63) is 12.7 Å². The van der Waals surface area contributed by atoms with E-state index in [4.69, 9.17) is 38.5 Å². The first-order valence-electron chi connectivity index (χ1n) is 11.1. The number of nitrogens with zero attached hydrogens (tertiary/aromatic N) is 4. The van der Waals surface area contributed by atoms with Crippen LogP contribution in [0.4, 0.5) is 15.4 Å². The normalized spacial score (nSPS) is 14.7. The number of ether oxygens (including phenoxy) is 5. The Balaban J connectivity index is 1.60. The number of anilines is 1. The zero-order valence-electron chi connectivity index (χ0n) is 20.4. The van der Waals surface area contributed by atoms with Crippen molar-refractivity contribution in [1.29, 1.82) is 0 Å². The van der Waals surface area contributed by atoms with E-state index in [0.29, 0.717) is 30.6 Å². The van der Waals surface area contributed by atoms with Crippen molar-refractivity contribution in [3.8, 4) is 0 Å². The molecule has 36 heavy (non-hydrogen) atoms. The smallest absolute Gasteiger partial charge is 0.432 e. The molecule has 15 nitrogen and oxygen atoms in total. The van der Waals surface area contributed by atoms with Crippen molar-refractivity contribution in [2.75, 3.05) is 25.7 Å². The van der Waals surface area contributed by atoms with Crippen LogP contribution in [0.25, 0.3) is 11.2 Å². The molecule has 2 N–H and O–H groups in total. The number of hydrogen-bond donors (Lipinski definition) is 1. The highest BCUT2D eigenvalue weighted by atomic mass is 31.2. The summed E-state index contributed by atoms with van der Waals surface area (Å²) in [4.78, 5) is 35.5. The molecule has 1 saturated carbocycles. The van der Waals surface area contributed by atoms with Gasteiger partial charge in [-0.05, 0) is 40.5 Å². The lowest BCUT2D eigenvalue weighted by molar-refractivity contribution is -0.0394. The van der Waals surface area contributed by atoms with Gasteiger partial charge in [-0.25, -0.2) is 24.5 Å². The lowest BCUT2D eigenvalue weighted by Crippen LogP contribution is -2.24. The molecule has 0 amide bonds. The fraction of sp³-hybridized carbons (Fsp3) is 0.650. The largest absolute Gasteiger partial charge is 0.510 e. The van der Waals surface area contributed by atoms with Crippen LogP contribution in [-0.2, 0) is 43.8 Å². The zero-order chi connectivity index (χ0) is 26.3. The summed E-state index contributed by atoms with van der Waals surface area (Å²) in [5.74, 6) is 0.253. The Labute approximate surface area is 207 Å². The molecule has 0 radical (unpaired) electrons. The third-order valence-electron chi connectivity index (χ3n) is 4.74. The highest BCUT2D eigenvalue weighted by molar-refractivity contribution is 7.53. The maximum absolute atomic E-state index is 13.3. The predicted octanol–water partition coefficient (Wildman–Crippen LogP) is 3.18. The quantitative estimate of drug-likeness (QED) is 0.225. The average Bonchev–Trinajstić information content (AvgIpc) is 3.43. The molecule has 200 valence electrons. The molecule has 0 aromatic carbocycles. The summed E-state index contributed by atoms with van der Waals surface area (Å²) in [6.45, 7) is 5.41. The lowest BCUT2D eigenvalue weighted by Gasteiger charge is -2.22. The molecule has 0 saturated heterocycles. The Morgan fingerprint density at radius 2 is 1.61 bits per heavy atom. The van der Waals surface area contributed by atoms with E-state index in [2.05, 4.69) is 15.0 Å². The highest BCUT2D eigenvalue weighted by Crippen LogP contribution is 2.52. The molecule has 0 bridgehead atoms. The minimum atomic E-state index is -4.06. The van der Waals surface area contributed by atoms with E-state index in [-0.39, 0.29) is 5.82 Å². The van der Waals surface area contributed by atoms with E-state index in [9.17, 15) is 14.2 Å². The third kappa shape index (κ3) is 8.01. The Bertz CT molecular complexity index is 1070. The molecule has 16 heteroatoms. The van der Waals surface area contributed by atoms with Gasteiger partial charge in [0.2, 0.25) is 13.6 Å². The van der Waals surface area contributed by atoms with Crippen LogP contribution in [-0.4, -0.2) is 69.6 Å². The number of nitrogens with two attached hydrogens (primary N) is 1. The molecule has 0 atom stereocenters. The number of aromatic nitrogens is 4. The molecule has 1 aliphatic carbocycles. The van der Waals surface area contributed by atoms with Gasteiger partial charge in [0.05, 0.1) is 30.7 Å². The summed E-state index contributed by atoms with van der Waals surface area (Å²) >= 11 is 0. The molecule has 2 aromatic heterocycles. The summed E-state index contributed by atoms with van der Waals surface area (Å²) in [6.07, 6.45) is 0.833. The van der Waals surface area contributed by atoms with Crippen molar-refractivity contribution in [2.24, 2.45) is 0 Å². The van der Waals surface area contributed by atoms with Crippen LogP contribution in [0.1, 0.15) is 40.5 Å². The van der Waals surface area contributed by atoms with E-state index >= 15 is 0 Å². The minimum absolute atomic E-state index is 0.253. The molecule has 1 aliphatic rings. The van der Waals surface area contributed by atoms with Crippen molar-refractivity contribution in [1.82, 2.24) is 19.5 Å². The van der Waals surface area contributed by atoms with Crippen molar-refractivity contribution in [2.45, 2.75) is 64.9 Å². The Morgan fingerprint density at radius 3 is 2.14 bits per heavy atom. The highest BCUT2D eigenvalue weighted by Gasteiger charge is 2.47. The van der Waals surface area contributed by atoms with Crippen LogP contribution in [0, 0.1) is 0 Å². The van der Waals surface area contributed by atoms with Crippen molar-refractivity contribution < 1.29 is 46.9 Å². The van der Waals surface area contributed by atoms with Crippen LogP contribution >= 0.6 is 7.60 Å². The SMILES string of the molecule is CC(C)OC(=O)OCOP(=O)(COC1(Cn2cnc3c(N)ncnc32)CC1)OCOC(=O)OC(C)C. The van der Waals surface area contributed by atoms with Crippen LogP contribution in [0.15, 0.2) is 12.7 Å². The van der Waals surface area contributed by atoms with Gasteiger partial charge in [-0.1, -0.05) is 0 Å². The second-order valence-electron chi connectivity index (χ2n) is 8.49. The van der Waals surface area contributed by atoms with E-state index in [1.54, 1.807) is 38.6 Å². The number of hydrogen-bond acceptors (Lipinski definition) is 14. The molecule has 0 unspecified atom stereocenters. The molecule has 2 heterocycles. The average molecular weight is 531 g/mol. The number of rotatable bonds is 13. The summed E-state index contributed by atoms with van der Waals surface area (Å²) < 4.78 is 50.5. The number of carbonyl (C=O) groups excluding carboxylic acids is 2. The molecular formula is C20H30N5O10P. The van der Waals surface area contributed by atoms with E-state index in [0.717, 1.165) is 0 Å². The van der Waals surface area contributed by atoms with Crippen LogP contribution < -0.4 is 5.73 Å². The third-order valence-corrected chi connectivity index (χ3v) is 6.18. The number of imidazole rings is 1. The Hall–Kier alpha value is -3.00. The molecule has 3 rings (SSSR count). The molecular weight excluding hydrogens is 501 g/mol. The van der Waals surface area contributed by atoms with Gasteiger partial charge in [0.15, 0.2) is 11.5 Å². The molecule has 1 fully saturated rings. The fourth-order valence-electron chi connectivity index (χ4n) is 2.90. The summed E-state index contributed by atoms with van der Waals surface area (Å²) in [5, 5.41) is 0.